The summed E-state index contributed by atoms with van der Waals surface area (Å²) < 4.78 is 10.3. The van der Waals surface area contributed by atoms with Crippen molar-refractivity contribution < 1.29 is 23.9 Å². The highest BCUT2D eigenvalue weighted by atomic mass is 16.6. The molecule has 0 bridgehead atoms. The van der Waals surface area contributed by atoms with Crippen molar-refractivity contribution >= 4 is 17.8 Å². The number of ketones is 1. The van der Waals surface area contributed by atoms with Gasteiger partial charge in [0.25, 0.3) is 0 Å². The smallest absolute Gasteiger partial charge is 0.407 e. The van der Waals surface area contributed by atoms with Crippen LogP contribution in [0.1, 0.15) is 41.0 Å². The molecule has 1 rings (SSSR count). The molecule has 0 aromatic rings. The van der Waals surface area contributed by atoms with Crippen LogP contribution < -0.4 is 5.32 Å². The zero-order valence-corrected chi connectivity index (χ0v) is 15.9. The molecule has 7 nitrogen and oxygen atoms in total. The number of nitrogens with one attached hydrogen (secondary N) is 1. The molecule has 0 saturated carbocycles. The third-order valence-corrected chi connectivity index (χ3v) is 3.98. The van der Waals surface area contributed by atoms with Crippen LogP contribution >= 0.6 is 0 Å². The lowest BCUT2D eigenvalue weighted by molar-refractivity contribution is -0.158. The van der Waals surface area contributed by atoms with Crippen molar-refractivity contribution in [1.29, 1.82) is 0 Å². The highest BCUT2D eigenvalue weighted by Gasteiger charge is 2.55. The first-order valence-electron chi connectivity index (χ1n) is 8.24. The van der Waals surface area contributed by atoms with Crippen LogP contribution in [0.5, 0.6) is 0 Å². The predicted octanol–water partition coefficient (Wildman–Crippen LogP) is 2.18. The Bertz CT molecular complexity index is 603. The number of ether oxygens (including phenoxy) is 2. The maximum atomic E-state index is 12.8. The molecular weight excluding hydrogens is 324 g/mol. The molecule has 0 spiro atoms. The average Bonchev–Trinajstić information content (AvgIpc) is 2.66. The Morgan fingerprint density at radius 2 is 1.96 bits per heavy atom. The maximum absolute atomic E-state index is 12.8. The molecule has 1 N–H and O–H groups in total. The minimum Gasteiger partial charge on any atom is -0.464 e. The van der Waals surface area contributed by atoms with E-state index in [-0.39, 0.29) is 25.4 Å². The molecule has 0 radical (unpaired) electrons. The van der Waals surface area contributed by atoms with Crippen LogP contribution in [0, 0.1) is 0 Å². The van der Waals surface area contributed by atoms with Crippen LogP contribution in [0.2, 0.25) is 0 Å². The fraction of sp³-hybridized carbons (Fsp3) is 0.611. The Morgan fingerprint density at radius 3 is 2.44 bits per heavy atom. The molecule has 0 aliphatic carbocycles. The van der Waals surface area contributed by atoms with E-state index in [9.17, 15) is 14.4 Å². The lowest BCUT2D eigenvalue weighted by Gasteiger charge is -2.34. The van der Waals surface area contributed by atoms with Crippen LogP contribution in [0.25, 0.3) is 0 Å². The second-order valence-corrected chi connectivity index (χ2v) is 6.89. The van der Waals surface area contributed by atoms with Gasteiger partial charge in [0, 0.05) is 24.7 Å². The van der Waals surface area contributed by atoms with E-state index in [1.165, 1.54) is 6.08 Å². The van der Waals surface area contributed by atoms with E-state index in [0.29, 0.717) is 11.3 Å². The number of carbonyl (C=O) groups is 3. The van der Waals surface area contributed by atoms with Gasteiger partial charge in [-0.15, -0.1) is 6.58 Å². The number of Topliss-reactive ketones (excluding diaryl/α,β-unsaturated/α-hetero) is 1. The summed E-state index contributed by atoms with van der Waals surface area (Å²) in [5.74, 6) is -0.955. The standard InChI is InChI=1S/C18H28N2O5/c1-8-10-18(15(22)24-9-2)14(21)12(3)13(20(18)7)11-19-16(23)25-17(4,5)6/h8H,1,9-11H2,2-7H3,(H,19,23)/t18-/m1/s1. The van der Waals surface area contributed by atoms with Crippen molar-refractivity contribution in [1.82, 2.24) is 10.2 Å². The quantitative estimate of drug-likeness (QED) is 0.448. The molecule has 0 aromatic heterocycles. The fourth-order valence-electron chi connectivity index (χ4n) is 2.80. The van der Waals surface area contributed by atoms with E-state index in [2.05, 4.69) is 11.9 Å². The zero-order valence-electron chi connectivity index (χ0n) is 15.9. The Labute approximate surface area is 149 Å². The summed E-state index contributed by atoms with van der Waals surface area (Å²) in [5, 5.41) is 2.62. The van der Waals surface area contributed by atoms with Crippen molar-refractivity contribution in [3.05, 3.63) is 23.9 Å². The summed E-state index contributed by atoms with van der Waals surface area (Å²) >= 11 is 0. The van der Waals surface area contributed by atoms with Gasteiger partial charge in [0.2, 0.25) is 5.54 Å². The largest absolute Gasteiger partial charge is 0.464 e. The highest BCUT2D eigenvalue weighted by molar-refractivity contribution is 6.18. The molecule has 1 atom stereocenters. The topological polar surface area (TPSA) is 84.9 Å². The Morgan fingerprint density at radius 1 is 1.36 bits per heavy atom. The van der Waals surface area contributed by atoms with Gasteiger partial charge in [-0.3, -0.25) is 4.79 Å². The monoisotopic (exact) mass is 352 g/mol. The zero-order chi connectivity index (χ0) is 19.4. The number of esters is 1. The molecular formula is C18H28N2O5. The van der Waals surface area contributed by atoms with Gasteiger partial charge in [0.15, 0.2) is 5.78 Å². The summed E-state index contributed by atoms with van der Waals surface area (Å²) in [6.45, 7) is 12.5. The summed E-state index contributed by atoms with van der Waals surface area (Å²) in [5.41, 5.74) is -1.13. The molecule has 0 fully saturated rings. The van der Waals surface area contributed by atoms with E-state index in [0.717, 1.165) is 0 Å². The summed E-state index contributed by atoms with van der Waals surface area (Å²) in [6, 6.07) is 0. The van der Waals surface area contributed by atoms with Gasteiger partial charge in [-0.1, -0.05) is 6.08 Å². The van der Waals surface area contributed by atoms with Crippen LogP contribution in [0.4, 0.5) is 4.79 Å². The normalized spacial score (nSPS) is 20.6. The van der Waals surface area contributed by atoms with Gasteiger partial charge in [-0.05, 0) is 34.6 Å². The first-order chi connectivity index (χ1) is 11.5. The van der Waals surface area contributed by atoms with Crippen molar-refractivity contribution in [2.24, 2.45) is 0 Å². The molecule has 25 heavy (non-hydrogen) atoms. The molecule has 7 heteroatoms. The Hall–Kier alpha value is -2.31. The third kappa shape index (κ3) is 4.21. The van der Waals surface area contributed by atoms with E-state index < -0.39 is 23.2 Å². The van der Waals surface area contributed by atoms with Crippen molar-refractivity contribution in [3.8, 4) is 0 Å². The number of carbonyl (C=O) groups excluding carboxylic acids is 3. The molecule has 140 valence electrons. The highest BCUT2D eigenvalue weighted by Crippen LogP contribution is 2.36. The van der Waals surface area contributed by atoms with Gasteiger partial charge in [-0.2, -0.15) is 0 Å². The van der Waals surface area contributed by atoms with Crippen molar-refractivity contribution in [2.45, 2.75) is 52.2 Å². The number of amides is 1. The SMILES string of the molecule is C=CC[C@]1(C(=O)OCC)C(=O)C(C)=C(CNC(=O)OC(C)(C)C)N1C. The molecule has 1 amide bonds. The molecule has 1 aliphatic heterocycles. The number of nitrogens with zero attached hydrogens (tertiary/aromatic N) is 1. The lowest BCUT2D eigenvalue weighted by Crippen LogP contribution is -2.55. The van der Waals surface area contributed by atoms with E-state index in [1.807, 2.05) is 0 Å². The van der Waals surface area contributed by atoms with Crippen LogP contribution in [0.3, 0.4) is 0 Å². The number of rotatable bonds is 6. The average molecular weight is 352 g/mol. The number of hydrogen-bond donors (Lipinski definition) is 1. The molecule has 0 unspecified atom stereocenters. The Balaban J connectivity index is 3.03. The van der Waals surface area contributed by atoms with Crippen molar-refractivity contribution in [2.75, 3.05) is 20.2 Å². The number of likely N-dealkylation sites (N-methyl/N-ethyl adjacent to an activating group) is 1. The number of alkyl carbamates (subject to hydrolysis) is 1. The van der Waals surface area contributed by atoms with E-state index in [1.54, 1.807) is 46.6 Å². The molecule has 1 aliphatic rings. The second kappa shape index (κ2) is 7.72. The lowest BCUT2D eigenvalue weighted by atomic mass is 9.88. The maximum Gasteiger partial charge on any atom is 0.407 e. The molecule has 1 heterocycles. The molecule has 0 saturated heterocycles. The minimum atomic E-state index is -1.47. The summed E-state index contributed by atoms with van der Waals surface area (Å²) in [6.07, 6.45) is 1.04. The Kier molecular flexibility index (Phi) is 6.40. The minimum absolute atomic E-state index is 0.0707. The van der Waals surface area contributed by atoms with Gasteiger partial charge >= 0.3 is 12.1 Å². The van der Waals surface area contributed by atoms with Gasteiger partial charge in [0.05, 0.1) is 13.2 Å². The summed E-state index contributed by atoms with van der Waals surface area (Å²) in [4.78, 5) is 38.8. The fourth-order valence-corrected chi connectivity index (χ4v) is 2.80. The predicted molar refractivity (Wildman–Crippen MR) is 93.9 cm³/mol. The van der Waals surface area contributed by atoms with Gasteiger partial charge in [-0.25, -0.2) is 9.59 Å². The van der Waals surface area contributed by atoms with Crippen LogP contribution in [-0.2, 0) is 19.1 Å². The summed E-state index contributed by atoms with van der Waals surface area (Å²) in [7, 11) is 1.64. The first kappa shape index (κ1) is 20.7. The second-order valence-electron chi connectivity index (χ2n) is 6.89. The van der Waals surface area contributed by atoms with Crippen molar-refractivity contribution in [3.63, 3.8) is 0 Å². The van der Waals surface area contributed by atoms with Gasteiger partial charge in [0.1, 0.15) is 5.60 Å². The van der Waals surface area contributed by atoms with E-state index in [4.69, 9.17) is 9.47 Å². The third-order valence-electron chi connectivity index (χ3n) is 3.98. The van der Waals surface area contributed by atoms with Crippen LogP contribution in [0.15, 0.2) is 23.9 Å². The van der Waals surface area contributed by atoms with Gasteiger partial charge < -0.3 is 19.7 Å². The van der Waals surface area contributed by atoms with E-state index >= 15 is 0 Å². The molecule has 0 aromatic carbocycles. The first-order valence-corrected chi connectivity index (χ1v) is 8.24. The number of hydrogen-bond acceptors (Lipinski definition) is 6. The van der Waals surface area contributed by atoms with Crippen LogP contribution in [-0.4, -0.2) is 54.1 Å².